The van der Waals surface area contributed by atoms with Gasteiger partial charge in [0.1, 0.15) is 24.7 Å². The first kappa shape index (κ1) is 24.0. The Labute approximate surface area is 195 Å². The normalized spacial score (nSPS) is 10.4. The van der Waals surface area contributed by atoms with Crippen molar-refractivity contribution in [3.05, 3.63) is 83.9 Å². The summed E-state index contributed by atoms with van der Waals surface area (Å²) in [6.45, 7) is 3.95. The lowest BCUT2D eigenvalue weighted by atomic mass is 10.1. The molecule has 0 spiro atoms. The predicted octanol–water partition coefficient (Wildman–Crippen LogP) is 5.26. The zero-order valence-electron chi connectivity index (χ0n) is 19.2. The minimum atomic E-state index is -0.178. The van der Waals surface area contributed by atoms with E-state index >= 15 is 0 Å². The maximum Gasteiger partial charge on any atom is 0.251 e. The number of rotatable bonds is 13. The Kier molecular flexibility index (Phi) is 9.45. The molecule has 0 radical (unpaired) electrons. The van der Waals surface area contributed by atoms with E-state index in [1.165, 1.54) is 0 Å². The summed E-state index contributed by atoms with van der Waals surface area (Å²) in [5.74, 6) is 2.61. The second-order valence-electron chi connectivity index (χ2n) is 7.41. The highest BCUT2D eigenvalue weighted by Crippen LogP contribution is 2.28. The molecular weight excluding hydrogens is 418 g/mol. The highest BCUT2D eigenvalue weighted by Gasteiger charge is 2.09. The molecule has 0 fully saturated rings. The number of benzene rings is 3. The van der Waals surface area contributed by atoms with E-state index in [1.54, 1.807) is 25.3 Å². The fourth-order valence-corrected chi connectivity index (χ4v) is 3.11. The highest BCUT2D eigenvalue weighted by atomic mass is 16.5. The lowest BCUT2D eigenvalue weighted by Gasteiger charge is -2.13. The summed E-state index contributed by atoms with van der Waals surface area (Å²) in [4.78, 5) is 12.6. The number of para-hydroxylation sites is 1. The maximum atomic E-state index is 12.6. The number of methoxy groups -OCH3 is 1. The molecule has 0 saturated heterocycles. The molecule has 0 atom stereocenters. The van der Waals surface area contributed by atoms with Crippen LogP contribution in [-0.4, -0.2) is 32.8 Å². The van der Waals surface area contributed by atoms with Gasteiger partial charge in [0.25, 0.3) is 5.91 Å². The van der Waals surface area contributed by atoms with E-state index in [2.05, 4.69) is 12.2 Å². The molecule has 0 aliphatic heterocycles. The topological polar surface area (TPSA) is 66.0 Å². The monoisotopic (exact) mass is 449 g/mol. The first-order chi connectivity index (χ1) is 16.2. The quantitative estimate of drug-likeness (QED) is 0.361. The van der Waals surface area contributed by atoms with Gasteiger partial charge in [0.05, 0.1) is 13.7 Å². The van der Waals surface area contributed by atoms with Gasteiger partial charge in [0.2, 0.25) is 0 Å². The van der Waals surface area contributed by atoms with Crippen molar-refractivity contribution in [1.82, 2.24) is 5.32 Å². The van der Waals surface area contributed by atoms with Crippen molar-refractivity contribution >= 4 is 5.91 Å². The molecule has 174 valence electrons. The Morgan fingerprint density at radius 2 is 1.55 bits per heavy atom. The molecule has 0 aliphatic carbocycles. The van der Waals surface area contributed by atoms with Crippen LogP contribution in [0.3, 0.4) is 0 Å². The van der Waals surface area contributed by atoms with Crippen LogP contribution >= 0.6 is 0 Å². The Morgan fingerprint density at radius 3 is 2.30 bits per heavy atom. The van der Waals surface area contributed by atoms with Gasteiger partial charge < -0.3 is 24.3 Å². The number of carbonyl (C=O) groups is 1. The summed E-state index contributed by atoms with van der Waals surface area (Å²) in [7, 11) is 1.61. The molecule has 0 aromatic heterocycles. The third kappa shape index (κ3) is 7.75. The first-order valence-corrected chi connectivity index (χ1v) is 11.2. The number of hydrogen-bond donors (Lipinski definition) is 1. The van der Waals surface area contributed by atoms with Crippen molar-refractivity contribution in [2.24, 2.45) is 0 Å². The largest absolute Gasteiger partial charge is 0.493 e. The second kappa shape index (κ2) is 13.0. The molecule has 0 aliphatic rings. The van der Waals surface area contributed by atoms with E-state index in [0.717, 1.165) is 24.2 Å². The van der Waals surface area contributed by atoms with Crippen LogP contribution in [0.2, 0.25) is 0 Å². The summed E-state index contributed by atoms with van der Waals surface area (Å²) in [5.41, 5.74) is 1.46. The molecule has 6 heteroatoms. The maximum absolute atomic E-state index is 12.6. The predicted molar refractivity (Wildman–Crippen MR) is 128 cm³/mol. The minimum Gasteiger partial charge on any atom is -0.493 e. The minimum absolute atomic E-state index is 0.178. The Balaban J connectivity index is 1.49. The van der Waals surface area contributed by atoms with Crippen LogP contribution in [0.5, 0.6) is 23.0 Å². The number of ether oxygens (including phenoxy) is 4. The Morgan fingerprint density at radius 1 is 0.788 bits per heavy atom. The number of nitrogens with one attached hydrogen (secondary N) is 1. The molecule has 3 aromatic carbocycles. The van der Waals surface area contributed by atoms with Crippen molar-refractivity contribution in [2.75, 3.05) is 26.9 Å². The average molecular weight is 450 g/mol. The third-order valence-electron chi connectivity index (χ3n) is 4.90. The van der Waals surface area contributed by atoms with Gasteiger partial charge in [0, 0.05) is 12.1 Å². The first-order valence-electron chi connectivity index (χ1n) is 11.2. The second-order valence-corrected chi connectivity index (χ2v) is 7.41. The van der Waals surface area contributed by atoms with Crippen LogP contribution in [-0.2, 0) is 6.54 Å². The van der Waals surface area contributed by atoms with Crippen LogP contribution in [0.1, 0.15) is 35.7 Å². The third-order valence-corrected chi connectivity index (χ3v) is 4.90. The standard InChI is InChI=1S/C27H31NO5/c1-3-4-15-33-25-14-13-21(18-26(25)30-2)20-28-27(29)22-9-8-12-24(19-22)32-17-16-31-23-10-6-5-7-11-23/h5-14,18-19H,3-4,15-17,20H2,1-2H3,(H,28,29). The Bertz CT molecular complexity index is 1010. The molecule has 1 N–H and O–H groups in total. The van der Waals surface area contributed by atoms with E-state index in [-0.39, 0.29) is 5.91 Å². The molecule has 33 heavy (non-hydrogen) atoms. The number of hydrogen-bond acceptors (Lipinski definition) is 5. The van der Waals surface area contributed by atoms with E-state index in [4.69, 9.17) is 18.9 Å². The number of unbranched alkanes of at least 4 members (excludes halogenated alkanes) is 1. The van der Waals surface area contributed by atoms with E-state index in [0.29, 0.717) is 49.2 Å². The number of carbonyl (C=O) groups excluding carboxylic acids is 1. The van der Waals surface area contributed by atoms with Crippen molar-refractivity contribution in [1.29, 1.82) is 0 Å². The van der Waals surface area contributed by atoms with Crippen molar-refractivity contribution in [3.63, 3.8) is 0 Å². The summed E-state index contributed by atoms with van der Waals surface area (Å²) in [5, 5.41) is 2.94. The van der Waals surface area contributed by atoms with E-state index < -0.39 is 0 Å². The molecule has 6 nitrogen and oxygen atoms in total. The summed E-state index contributed by atoms with van der Waals surface area (Å²) in [6.07, 6.45) is 2.06. The number of amides is 1. The molecule has 3 rings (SSSR count). The van der Waals surface area contributed by atoms with E-state index in [1.807, 2.05) is 54.6 Å². The fraction of sp³-hybridized carbons (Fsp3) is 0.296. The van der Waals surface area contributed by atoms with Crippen LogP contribution < -0.4 is 24.3 Å². The van der Waals surface area contributed by atoms with Gasteiger partial charge in [-0.2, -0.15) is 0 Å². The van der Waals surface area contributed by atoms with Crippen LogP contribution in [0, 0.1) is 0 Å². The van der Waals surface area contributed by atoms with Crippen LogP contribution in [0.4, 0.5) is 0 Å². The van der Waals surface area contributed by atoms with Gasteiger partial charge in [-0.15, -0.1) is 0 Å². The Hall–Kier alpha value is -3.67. The van der Waals surface area contributed by atoms with Gasteiger partial charge in [-0.05, 0) is 54.4 Å². The summed E-state index contributed by atoms with van der Waals surface area (Å²) >= 11 is 0. The molecule has 3 aromatic rings. The van der Waals surface area contributed by atoms with Crippen LogP contribution in [0.15, 0.2) is 72.8 Å². The molecule has 1 amide bonds. The SMILES string of the molecule is CCCCOc1ccc(CNC(=O)c2cccc(OCCOc3ccccc3)c2)cc1OC. The van der Waals surface area contributed by atoms with Crippen LogP contribution in [0.25, 0.3) is 0 Å². The lowest BCUT2D eigenvalue weighted by Crippen LogP contribution is -2.22. The highest BCUT2D eigenvalue weighted by molar-refractivity contribution is 5.94. The van der Waals surface area contributed by atoms with Gasteiger partial charge in [-0.3, -0.25) is 4.79 Å². The summed E-state index contributed by atoms with van der Waals surface area (Å²) < 4.78 is 22.5. The molecule has 0 heterocycles. The molecular formula is C27H31NO5. The lowest BCUT2D eigenvalue weighted by molar-refractivity contribution is 0.0950. The van der Waals surface area contributed by atoms with Gasteiger partial charge in [-0.25, -0.2) is 0 Å². The van der Waals surface area contributed by atoms with Gasteiger partial charge in [0.15, 0.2) is 11.5 Å². The smallest absolute Gasteiger partial charge is 0.251 e. The van der Waals surface area contributed by atoms with Gasteiger partial charge >= 0.3 is 0 Å². The fourth-order valence-electron chi connectivity index (χ4n) is 3.11. The van der Waals surface area contributed by atoms with Crippen molar-refractivity contribution in [2.45, 2.75) is 26.3 Å². The summed E-state index contributed by atoms with van der Waals surface area (Å²) in [6, 6.07) is 22.4. The molecule has 0 saturated carbocycles. The van der Waals surface area contributed by atoms with Crippen molar-refractivity contribution in [3.8, 4) is 23.0 Å². The van der Waals surface area contributed by atoms with Crippen molar-refractivity contribution < 1.29 is 23.7 Å². The zero-order valence-corrected chi connectivity index (χ0v) is 19.2. The van der Waals surface area contributed by atoms with E-state index in [9.17, 15) is 4.79 Å². The van der Waals surface area contributed by atoms with Gasteiger partial charge in [-0.1, -0.05) is 43.7 Å². The molecule has 0 unspecified atom stereocenters. The average Bonchev–Trinajstić information content (AvgIpc) is 2.86. The molecule has 0 bridgehead atoms. The zero-order chi connectivity index (χ0) is 23.3.